The lowest BCUT2D eigenvalue weighted by Crippen LogP contribution is -2.53. The summed E-state index contributed by atoms with van der Waals surface area (Å²) in [5.74, 6) is -0.468. The van der Waals surface area contributed by atoms with Crippen LogP contribution in [-0.4, -0.2) is 47.9 Å². The Morgan fingerprint density at radius 1 is 1.12 bits per heavy atom. The molecule has 33 heavy (non-hydrogen) atoms. The molecule has 8 nitrogen and oxygen atoms in total. The van der Waals surface area contributed by atoms with Gasteiger partial charge in [0.25, 0.3) is 0 Å². The zero-order valence-corrected chi connectivity index (χ0v) is 18.9. The number of rotatable bonds is 6. The molecule has 0 bridgehead atoms. The summed E-state index contributed by atoms with van der Waals surface area (Å²) in [5, 5.41) is 17.5. The molecule has 3 rings (SSSR count). The molecular formula is C25H29N5O3. The van der Waals surface area contributed by atoms with Crippen molar-refractivity contribution in [2.75, 3.05) is 18.4 Å². The van der Waals surface area contributed by atoms with E-state index in [9.17, 15) is 14.4 Å². The number of amides is 4. The Morgan fingerprint density at radius 2 is 1.82 bits per heavy atom. The molecule has 4 amide bonds. The van der Waals surface area contributed by atoms with E-state index in [4.69, 9.17) is 5.26 Å². The molecule has 8 heteroatoms. The quantitative estimate of drug-likeness (QED) is 0.632. The summed E-state index contributed by atoms with van der Waals surface area (Å²) in [4.78, 5) is 38.8. The standard InChI is InChI=1S/C25H29N5O3/c1-17-4-3-5-20(14-17)15-23(27-18(2)31)24(32)28-22-10-12-30(13-11-22)25(33)29-21-8-6-19(16-26)7-9-21/h3-9,14,22-23H,10-13,15H2,1-2H3,(H,27,31)(H,28,32)(H,29,33)/t23-/m0/s1. The number of piperidine rings is 1. The second kappa shape index (κ2) is 11.1. The van der Waals surface area contributed by atoms with Gasteiger partial charge in [-0.2, -0.15) is 5.26 Å². The summed E-state index contributed by atoms with van der Waals surface area (Å²) in [6.45, 7) is 4.41. The van der Waals surface area contributed by atoms with Crippen molar-refractivity contribution >= 4 is 23.5 Å². The van der Waals surface area contributed by atoms with Gasteiger partial charge in [0.15, 0.2) is 0 Å². The van der Waals surface area contributed by atoms with Gasteiger partial charge in [-0.1, -0.05) is 29.8 Å². The van der Waals surface area contributed by atoms with Gasteiger partial charge in [-0.05, 0) is 49.6 Å². The van der Waals surface area contributed by atoms with Crippen molar-refractivity contribution in [1.29, 1.82) is 5.26 Å². The minimum Gasteiger partial charge on any atom is -0.351 e. The van der Waals surface area contributed by atoms with Gasteiger partial charge < -0.3 is 20.9 Å². The Hall–Kier alpha value is -3.86. The van der Waals surface area contributed by atoms with Crippen molar-refractivity contribution in [3.8, 4) is 6.07 Å². The number of nitriles is 1. The number of carbonyl (C=O) groups is 3. The first-order valence-electron chi connectivity index (χ1n) is 11.0. The van der Waals surface area contributed by atoms with Gasteiger partial charge in [0.2, 0.25) is 11.8 Å². The molecule has 3 N–H and O–H groups in total. The Balaban J connectivity index is 1.51. The number of nitrogens with zero attached hydrogens (tertiary/aromatic N) is 2. The van der Waals surface area contributed by atoms with E-state index in [0.29, 0.717) is 43.6 Å². The highest BCUT2D eigenvalue weighted by atomic mass is 16.2. The lowest BCUT2D eigenvalue weighted by atomic mass is 10.0. The molecule has 2 aromatic rings. The Bertz CT molecular complexity index is 1040. The molecule has 1 aliphatic heterocycles. The van der Waals surface area contributed by atoms with Crippen molar-refractivity contribution in [3.63, 3.8) is 0 Å². The van der Waals surface area contributed by atoms with Crippen LogP contribution in [0, 0.1) is 18.3 Å². The van der Waals surface area contributed by atoms with Crippen LogP contribution in [0.15, 0.2) is 48.5 Å². The second-order valence-electron chi connectivity index (χ2n) is 8.34. The number of urea groups is 1. The number of aryl methyl sites for hydroxylation is 1. The highest BCUT2D eigenvalue weighted by Gasteiger charge is 2.27. The van der Waals surface area contributed by atoms with Crippen LogP contribution < -0.4 is 16.0 Å². The Labute approximate surface area is 194 Å². The molecule has 1 fully saturated rings. The van der Waals surface area contributed by atoms with E-state index < -0.39 is 6.04 Å². The summed E-state index contributed by atoms with van der Waals surface area (Å²) in [6, 6.07) is 15.7. The van der Waals surface area contributed by atoms with Gasteiger partial charge in [-0.25, -0.2) is 4.79 Å². The van der Waals surface area contributed by atoms with Crippen LogP contribution in [0.1, 0.15) is 36.5 Å². The number of anilines is 1. The molecule has 0 radical (unpaired) electrons. The molecule has 0 aromatic heterocycles. The number of hydrogen-bond donors (Lipinski definition) is 3. The highest BCUT2D eigenvalue weighted by Crippen LogP contribution is 2.15. The van der Waals surface area contributed by atoms with Crippen LogP contribution in [0.3, 0.4) is 0 Å². The fourth-order valence-corrected chi connectivity index (χ4v) is 3.89. The van der Waals surface area contributed by atoms with Crippen LogP contribution in [0.25, 0.3) is 0 Å². The summed E-state index contributed by atoms with van der Waals surface area (Å²) in [7, 11) is 0. The van der Waals surface area contributed by atoms with Crippen molar-refractivity contribution < 1.29 is 14.4 Å². The molecule has 2 aromatic carbocycles. The second-order valence-corrected chi connectivity index (χ2v) is 8.34. The molecule has 0 aliphatic carbocycles. The monoisotopic (exact) mass is 447 g/mol. The SMILES string of the molecule is CC(=O)N[C@@H](Cc1cccc(C)c1)C(=O)NC1CCN(C(=O)Nc2ccc(C#N)cc2)CC1. The molecule has 0 saturated carbocycles. The molecule has 1 aliphatic rings. The number of likely N-dealkylation sites (tertiary alicyclic amines) is 1. The average Bonchev–Trinajstić information content (AvgIpc) is 2.79. The lowest BCUT2D eigenvalue weighted by molar-refractivity contribution is -0.128. The highest BCUT2D eigenvalue weighted by molar-refractivity contribution is 5.89. The summed E-state index contributed by atoms with van der Waals surface area (Å²) >= 11 is 0. The van der Waals surface area contributed by atoms with E-state index in [-0.39, 0.29) is 23.9 Å². The topological polar surface area (TPSA) is 114 Å². The van der Waals surface area contributed by atoms with Gasteiger partial charge in [-0.3, -0.25) is 9.59 Å². The summed E-state index contributed by atoms with van der Waals surface area (Å²) in [6.07, 6.45) is 1.67. The van der Waals surface area contributed by atoms with Crippen LogP contribution in [0.4, 0.5) is 10.5 Å². The first kappa shape index (κ1) is 23.8. The normalized spacial score (nSPS) is 14.6. The van der Waals surface area contributed by atoms with E-state index in [1.54, 1.807) is 29.2 Å². The molecule has 172 valence electrons. The molecule has 0 unspecified atom stereocenters. The third kappa shape index (κ3) is 7.07. The van der Waals surface area contributed by atoms with Crippen LogP contribution in [0.2, 0.25) is 0 Å². The molecule has 1 saturated heterocycles. The third-order valence-corrected chi connectivity index (χ3v) is 5.61. The fraction of sp³-hybridized carbons (Fsp3) is 0.360. The minimum atomic E-state index is -0.651. The van der Waals surface area contributed by atoms with Crippen LogP contribution in [-0.2, 0) is 16.0 Å². The Kier molecular flexibility index (Phi) is 8.03. The first-order valence-corrected chi connectivity index (χ1v) is 11.0. The van der Waals surface area contributed by atoms with E-state index >= 15 is 0 Å². The van der Waals surface area contributed by atoms with E-state index in [1.165, 1.54) is 6.92 Å². The molecule has 0 spiro atoms. The van der Waals surface area contributed by atoms with Gasteiger partial charge in [-0.15, -0.1) is 0 Å². The third-order valence-electron chi connectivity index (χ3n) is 5.61. The van der Waals surface area contributed by atoms with Crippen molar-refractivity contribution in [2.24, 2.45) is 0 Å². The van der Waals surface area contributed by atoms with Crippen molar-refractivity contribution in [2.45, 2.75) is 45.2 Å². The Morgan fingerprint density at radius 3 is 2.42 bits per heavy atom. The lowest BCUT2D eigenvalue weighted by Gasteiger charge is -2.33. The fourth-order valence-electron chi connectivity index (χ4n) is 3.89. The maximum absolute atomic E-state index is 12.9. The zero-order valence-electron chi connectivity index (χ0n) is 18.9. The van der Waals surface area contributed by atoms with Gasteiger partial charge >= 0.3 is 6.03 Å². The minimum absolute atomic E-state index is 0.0646. The van der Waals surface area contributed by atoms with Gasteiger partial charge in [0.1, 0.15) is 6.04 Å². The van der Waals surface area contributed by atoms with Crippen LogP contribution in [0.5, 0.6) is 0 Å². The van der Waals surface area contributed by atoms with Crippen LogP contribution >= 0.6 is 0 Å². The molecule has 1 atom stereocenters. The largest absolute Gasteiger partial charge is 0.351 e. The van der Waals surface area contributed by atoms with E-state index in [2.05, 4.69) is 16.0 Å². The van der Waals surface area contributed by atoms with E-state index in [1.807, 2.05) is 37.3 Å². The average molecular weight is 448 g/mol. The number of nitrogens with one attached hydrogen (secondary N) is 3. The number of benzene rings is 2. The maximum atomic E-state index is 12.9. The van der Waals surface area contributed by atoms with Crippen molar-refractivity contribution in [3.05, 3.63) is 65.2 Å². The van der Waals surface area contributed by atoms with Gasteiger partial charge in [0.05, 0.1) is 11.6 Å². The molecular weight excluding hydrogens is 418 g/mol. The van der Waals surface area contributed by atoms with Crippen molar-refractivity contribution in [1.82, 2.24) is 15.5 Å². The zero-order chi connectivity index (χ0) is 23.8. The van der Waals surface area contributed by atoms with Gasteiger partial charge in [0, 0.05) is 38.2 Å². The number of hydrogen-bond acceptors (Lipinski definition) is 4. The summed E-state index contributed by atoms with van der Waals surface area (Å²) in [5.41, 5.74) is 3.24. The molecule has 1 heterocycles. The summed E-state index contributed by atoms with van der Waals surface area (Å²) < 4.78 is 0. The smallest absolute Gasteiger partial charge is 0.321 e. The number of carbonyl (C=O) groups excluding carboxylic acids is 3. The van der Waals surface area contributed by atoms with E-state index in [0.717, 1.165) is 11.1 Å². The predicted octanol–water partition coefficient (Wildman–Crippen LogP) is 2.73. The predicted molar refractivity (Wildman–Crippen MR) is 125 cm³/mol. The maximum Gasteiger partial charge on any atom is 0.321 e. The first-order chi connectivity index (χ1) is 15.8.